The molecule has 1 N–H and O–H groups in total. The van der Waals surface area contributed by atoms with Crippen LogP contribution in [-0.4, -0.2) is 10.9 Å². The summed E-state index contributed by atoms with van der Waals surface area (Å²) in [5, 5.41) is 3.67. The first kappa shape index (κ1) is 17.2. The van der Waals surface area contributed by atoms with Gasteiger partial charge in [-0.1, -0.05) is 54.1 Å². The molecule has 0 aliphatic heterocycles. The molecule has 3 rings (SSSR count). The number of nitrogens with one attached hydrogen (secondary N) is 1. The van der Waals surface area contributed by atoms with Gasteiger partial charge < -0.3 is 5.32 Å². The highest BCUT2D eigenvalue weighted by Gasteiger charge is 2.23. The zero-order valence-corrected chi connectivity index (χ0v) is 14.9. The number of benzene rings is 2. The Morgan fingerprint density at radius 3 is 2.28 bits per heavy atom. The molecule has 4 heteroatoms. The fourth-order valence-corrected chi connectivity index (χ4v) is 2.89. The summed E-state index contributed by atoms with van der Waals surface area (Å²) in [6, 6.07) is 20.8. The van der Waals surface area contributed by atoms with Crippen LogP contribution in [0.15, 0.2) is 72.9 Å². The van der Waals surface area contributed by atoms with Crippen molar-refractivity contribution in [2.75, 3.05) is 0 Å². The number of rotatable bonds is 4. The summed E-state index contributed by atoms with van der Waals surface area (Å²) in [6.45, 7) is 3.98. The van der Waals surface area contributed by atoms with E-state index in [-0.39, 0.29) is 5.91 Å². The molecule has 3 nitrogen and oxygen atoms in total. The topological polar surface area (TPSA) is 42.0 Å². The second-order valence-electron chi connectivity index (χ2n) is 6.36. The molecule has 0 aliphatic carbocycles. The molecular weight excluding hydrogens is 332 g/mol. The number of carbonyl (C=O) groups is 1. The highest BCUT2D eigenvalue weighted by atomic mass is 35.5. The average Bonchev–Trinajstić information content (AvgIpc) is 2.63. The van der Waals surface area contributed by atoms with Gasteiger partial charge in [0, 0.05) is 17.3 Å². The first-order chi connectivity index (χ1) is 12.0. The summed E-state index contributed by atoms with van der Waals surface area (Å²) >= 11 is 6.17. The van der Waals surface area contributed by atoms with Gasteiger partial charge in [-0.05, 0) is 43.7 Å². The van der Waals surface area contributed by atoms with Crippen molar-refractivity contribution >= 4 is 17.5 Å². The molecule has 0 atom stereocenters. The lowest BCUT2D eigenvalue weighted by Gasteiger charge is -2.27. The Balaban J connectivity index is 1.78. The molecule has 25 heavy (non-hydrogen) atoms. The van der Waals surface area contributed by atoms with Gasteiger partial charge in [0.05, 0.1) is 16.3 Å². The van der Waals surface area contributed by atoms with Crippen molar-refractivity contribution in [3.63, 3.8) is 0 Å². The minimum absolute atomic E-state index is 0.118. The Labute approximate surface area is 152 Å². The van der Waals surface area contributed by atoms with Crippen LogP contribution in [0.5, 0.6) is 0 Å². The van der Waals surface area contributed by atoms with Gasteiger partial charge in [-0.15, -0.1) is 0 Å². The second kappa shape index (κ2) is 7.08. The van der Waals surface area contributed by atoms with Crippen molar-refractivity contribution in [3.8, 4) is 11.3 Å². The van der Waals surface area contributed by atoms with E-state index in [1.54, 1.807) is 30.5 Å². The van der Waals surface area contributed by atoms with Crippen LogP contribution in [0, 0.1) is 0 Å². The van der Waals surface area contributed by atoms with Crippen LogP contribution >= 0.6 is 11.6 Å². The highest BCUT2D eigenvalue weighted by Crippen LogP contribution is 2.26. The van der Waals surface area contributed by atoms with Crippen LogP contribution in [0.2, 0.25) is 5.02 Å². The maximum Gasteiger partial charge on any atom is 0.251 e. The van der Waals surface area contributed by atoms with Crippen molar-refractivity contribution in [2.45, 2.75) is 19.4 Å². The predicted octanol–water partition coefficient (Wildman–Crippen LogP) is 5.07. The molecule has 0 aliphatic rings. The summed E-state index contributed by atoms with van der Waals surface area (Å²) in [7, 11) is 0. The molecule has 0 saturated carbocycles. The van der Waals surface area contributed by atoms with Crippen molar-refractivity contribution < 1.29 is 4.79 Å². The van der Waals surface area contributed by atoms with Gasteiger partial charge >= 0.3 is 0 Å². The van der Waals surface area contributed by atoms with Crippen LogP contribution in [0.4, 0.5) is 0 Å². The minimum atomic E-state index is -0.457. The van der Waals surface area contributed by atoms with Crippen molar-refractivity contribution in [3.05, 3.63) is 89.1 Å². The van der Waals surface area contributed by atoms with E-state index in [0.717, 1.165) is 11.1 Å². The molecular formula is C21H19ClN2O. The van der Waals surface area contributed by atoms with Crippen LogP contribution in [0.25, 0.3) is 11.3 Å². The molecule has 0 unspecified atom stereocenters. The van der Waals surface area contributed by atoms with E-state index in [1.165, 1.54) is 0 Å². The molecule has 0 radical (unpaired) electrons. The van der Waals surface area contributed by atoms with Crippen molar-refractivity contribution in [1.29, 1.82) is 0 Å². The van der Waals surface area contributed by atoms with Crippen LogP contribution in [0.1, 0.15) is 29.8 Å². The minimum Gasteiger partial charge on any atom is -0.343 e. The summed E-state index contributed by atoms with van der Waals surface area (Å²) in [5.74, 6) is -0.118. The Hall–Kier alpha value is -2.65. The SMILES string of the molecule is CC(C)(NC(=O)c1ccc(-c2ncccc2Cl)cc1)c1ccccc1. The first-order valence-corrected chi connectivity index (χ1v) is 8.44. The van der Waals surface area contributed by atoms with Crippen molar-refractivity contribution in [1.82, 2.24) is 10.3 Å². The van der Waals surface area contributed by atoms with Gasteiger partial charge in [0.1, 0.15) is 0 Å². The van der Waals surface area contributed by atoms with Gasteiger partial charge in [-0.2, -0.15) is 0 Å². The second-order valence-corrected chi connectivity index (χ2v) is 6.76. The molecule has 1 amide bonds. The van der Waals surface area contributed by atoms with E-state index in [2.05, 4.69) is 10.3 Å². The fourth-order valence-electron chi connectivity index (χ4n) is 2.66. The maximum absolute atomic E-state index is 12.6. The third kappa shape index (κ3) is 3.89. The summed E-state index contributed by atoms with van der Waals surface area (Å²) in [5.41, 5.74) is 2.78. The highest BCUT2D eigenvalue weighted by molar-refractivity contribution is 6.33. The standard InChI is InChI=1S/C21H19ClN2O/c1-21(2,17-7-4-3-5-8-17)24-20(25)16-12-10-15(11-13-16)19-18(22)9-6-14-23-19/h3-14H,1-2H3,(H,24,25). The lowest BCUT2D eigenvalue weighted by molar-refractivity contribution is 0.0912. The predicted molar refractivity (Wildman–Crippen MR) is 102 cm³/mol. The molecule has 1 aromatic heterocycles. The van der Waals surface area contributed by atoms with E-state index in [9.17, 15) is 4.79 Å². The van der Waals surface area contributed by atoms with E-state index in [1.807, 2.05) is 56.3 Å². The average molecular weight is 351 g/mol. The molecule has 0 saturated heterocycles. The van der Waals surface area contributed by atoms with Gasteiger partial charge in [-0.25, -0.2) is 0 Å². The van der Waals surface area contributed by atoms with Gasteiger partial charge in [0.2, 0.25) is 0 Å². The van der Waals surface area contributed by atoms with E-state index in [0.29, 0.717) is 16.3 Å². The van der Waals surface area contributed by atoms with Crippen LogP contribution in [-0.2, 0) is 5.54 Å². The number of hydrogen-bond acceptors (Lipinski definition) is 2. The summed E-state index contributed by atoms with van der Waals surface area (Å²) in [4.78, 5) is 16.9. The van der Waals surface area contributed by atoms with Gasteiger partial charge in [0.15, 0.2) is 0 Å². The summed E-state index contributed by atoms with van der Waals surface area (Å²) < 4.78 is 0. The number of carbonyl (C=O) groups excluding carboxylic acids is 1. The zero-order valence-electron chi connectivity index (χ0n) is 14.2. The van der Waals surface area contributed by atoms with E-state index >= 15 is 0 Å². The monoisotopic (exact) mass is 350 g/mol. The molecule has 0 spiro atoms. The Morgan fingerprint density at radius 2 is 1.64 bits per heavy atom. The third-order valence-electron chi connectivity index (χ3n) is 4.10. The van der Waals surface area contributed by atoms with Gasteiger partial charge in [-0.3, -0.25) is 9.78 Å². The number of hydrogen-bond donors (Lipinski definition) is 1. The lowest BCUT2D eigenvalue weighted by atomic mass is 9.94. The molecule has 126 valence electrons. The van der Waals surface area contributed by atoms with Crippen molar-refractivity contribution in [2.24, 2.45) is 0 Å². The van der Waals surface area contributed by atoms with Gasteiger partial charge in [0.25, 0.3) is 5.91 Å². The Morgan fingerprint density at radius 1 is 0.960 bits per heavy atom. The van der Waals surface area contributed by atoms with E-state index < -0.39 is 5.54 Å². The quantitative estimate of drug-likeness (QED) is 0.714. The largest absolute Gasteiger partial charge is 0.343 e. The maximum atomic E-state index is 12.6. The lowest BCUT2D eigenvalue weighted by Crippen LogP contribution is -2.40. The molecule has 2 aromatic carbocycles. The van der Waals surface area contributed by atoms with Crippen LogP contribution in [0.3, 0.4) is 0 Å². The molecule has 3 aromatic rings. The molecule has 0 fully saturated rings. The van der Waals surface area contributed by atoms with Crippen LogP contribution < -0.4 is 5.32 Å². The number of aromatic nitrogens is 1. The zero-order chi connectivity index (χ0) is 17.9. The number of pyridine rings is 1. The molecule has 0 bridgehead atoms. The number of nitrogens with zero attached hydrogens (tertiary/aromatic N) is 1. The van der Waals surface area contributed by atoms with E-state index in [4.69, 9.17) is 11.6 Å². The third-order valence-corrected chi connectivity index (χ3v) is 4.41. The summed E-state index contributed by atoms with van der Waals surface area (Å²) in [6.07, 6.45) is 1.70. The molecule has 1 heterocycles. The Kier molecular flexibility index (Phi) is 4.86. The number of amides is 1. The first-order valence-electron chi connectivity index (χ1n) is 8.06. The fraction of sp³-hybridized carbons (Fsp3) is 0.143. The smallest absolute Gasteiger partial charge is 0.251 e. The number of halogens is 1. The Bertz CT molecular complexity index is 874. The normalized spacial score (nSPS) is 11.2.